The topological polar surface area (TPSA) is 56.1 Å². The minimum atomic E-state index is -0.192. The van der Waals surface area contributed by atoms with Gasteiger partial charge in [0.25, 0.3) is 0 Å². The molecule has 1 aromatic rings. The monoisotopic (exact) mass is 263 g/mol. The summed E-state index contributed by atoms with van der Waals surface area (Å²) >= 11 is 5.98. The standard InChI is InChI=1S/C13H14ClN3O/c14-11-5-1-2-6-12(11)16-13(18)17-7-3-4-10(8-15)9-17/h1-2,5-6,10H,3-4,7,9H2,(H,16,18). The van der Waals surface area contributed by atoms with Crippen molar-refractivity contribution in [3.05, 3.63) is 29.3 Å². The molecule has 94 valence electrons. The Hall–Kier alpha value is -1.73. The zero-order chi connectivity index (χ0) is 13.0. The van der Waals surface area contributed by atoms with E-state index < -0.39 is 0 Å². The number of carbonyl (C=O) groups is 1. The van der Waals surface area contributed by atoms with E-state index in [2.05, 4.69) is 11.4 Å². The molecule has 1 saturated heterocycles. The third-order valence-corrected chi connectivity index (χ3v) is 3.34. The molecule has 1 atom stereocenters. The number of anilines is 1. The van der Waals surface area contributed by atoms with Crippen molar-refractivity contribution in [2.24, 2.45) is 5.92 Å². The Morgan fingerprint density at radius 1 is 1.50 bits per heavy atom. The van der Waals surface area contributed by atoms with Crippen molar-refractivity contribution in [3.63, 3.8) is 0 Å². The molecule has 5 heteroatoms. The van der Waals surface area contributed by atoms with Crippen molar-refractivity contribution in [2.75, 3.05) is 18.4 Å². The van der Waals surface area contributed by atoms with E-state index in [0.29, 0.717) is 23.8 Å². The van der Waals surface area contributed by atoms with Crippen LogP contribution in [-0.2, 0) is 0 Å². The van der Waals surface area contributed by atoms with Crippen LogP contribution in [0.25, 0.3) is 0 Å². The lowest BCUT2D eigenvalue weighted by molar-refractivity contribution is 0.189. The largest absolute Gasteiger partial charge is 0.323 e. The number of benzene rings is 1. The molecule has 0 spiro atoms. The Morgan fingerprint density at radius 3 is 3.00 bits per heavy atom. The summed E-state index contributed by atoms with van der Waals surface area (Å²) in [6.45, 7) is 1.18. The first-order chi connectivity index (χ1) is 8.70. The van der Waals surface area contributed by atoms with Gasteiger partial charge in [0, 0.05) is 13.1 Å². The van der Waals surface area contributed by atoms with Gasteiger partial charge in [0.05, 0.1) is 22.7 Å². The highest BCUT2D eigenvalue weighted by molar-refractivity contribution is 6.33. The van der Waals surface area contributed by atoms with Crippen LogP contribution in [0.2, 0.25) is 5.02 Å². The molecule has 0 aromatic heterocycles. The molecule has 0 aliphatic carbocycles. The molecule has 0 saturated carbocycles. The van der Waals surface area contributed by atoms with Gasteiger partial charge >= 0.3 is 6.03 Å². The van der Waals surface area contributed by atoms with Crippen LogP contribution in [0.15, 0.2) is 24.3 Å². The summed E-state index contributed by atoms with van der Waals surface area (Å²) in [4.78, 5) is 13.7. The fourth-order valence-corrected chi connectivity index (χ4v) is 2.21. The van der Waals surface area contributed by atoms with Gasteiger partial charge in [-0.3, -0.25) is 0 Å². The normalized spacial score (nSPS) is 19.1. The van der Waals surface area contributed by atoms with Gasteiger partial charge in [-0.1, -0.05) is 23.7 Å². The van der Waals surface area contributed by atoms with E-state index in [9.17, 15) is 4.79 Å². The number of hydrogen-bond acceptors (Lipinski definition) is 2. The molecule has 1 fully saturated rings. The average Bonchev–Trinajstić information content (AvgIpc) is 2.41. The molecule has 1 aliphatic rings. The SMILES string of the molecule is N#CC1CCCN(C(=O)Nc2ccccc2Cl)C1. The lowest BCUT2D eigenvalue weighted by atomic mass is 10.0. The van der Waals surface area contributed by atoms with Gasteiger partial charge in [0.2, 0.25) is 0 Å². The Balaban J connectivity index is 2.00. The molecule has 1 aliphatic heterocycles. The van der Waals surface area contributed by atoms with E-state index in [1.54, 1.807) is 17.0 Å². The summed E-state index contributed by atoms with van der Waals surface area (Å²) in [5, 5.41) is 12.2. The smallest absolute Gasteiger partial charge is 0.321 e. The number of urea groups is 1. The summed E-state index contributed by atoms with van der Waals surface area (Å²) in [5.74, 6) is -0.0595. The average molecular weight is 264 g/mol. The highest BCUT2D eigenvalue weighted by atomic mass is 35.5. The van der Waals surface area contributed by atoms with Crippen LogP contribution in [-0.4, -0.2) is 24.0 Å². The third-order valence-electron chi connectivity index (χ3n) is 3.01. The van der Waals surface area contributed by atoms with Crippen molar-refractivity contribution in [2.45, 2.75) is 12.8 Å². The molecule has 1 N–H and O–H groups in total. The predicted octanol–water partition coefficient (Wildman–Crippen LogP) is 3.11. The highest BCUT2D eigenvalue weighted by Gasteiger charge is 2.23. The van der Waals surface area contributed by atoms with E-state index in [1.165, 1.54) is 0 Å². The Bertz CT molecular complexity index is 483. The predicted molar refractivity (Wildman–Crippen MR) is 70.4 cm³/mol. The molecule has 2 rings (SSSR count). The Kier molecular flexibility index (Phi) is 4.06. The number of likely N-dealkylation sites (tertiary alicyclic amines) is 1. The molecule has 0 radical (unpaired) electrons. The number of nitrogens with one attached hydrogen (secondary N) is 1. The van der Waals surface area contributed by atoms with Crippen LogP contribution in [0.5, 0.6) is 0 Å². The highest BCUT2D eigenvalue weighted by Crippen LogP contribution is 2.22. The van der Waals surface area contributed by atoms with Crippen LogP contribution in [0, 0.1) is 17.2 Å². The van der Waals surface area contributed by atoms with E-state index in [-0.39, 0.29) is 11.9 Å². The minimum Gasteiger partial charge on any atom is -0.323 e. The van der Waals surface area contributed by atoms with Gasteiger partial charge < -0.3 is 10.2 Å². The number of piperidine rings is 1. The maximum Gasteiger partial charge on any atom is 0.321 e. The Morgan fingerprint density at radius 2 is 2.28 bits per heavy atom. The number of rotatable bonds is 1. The third kappa shape index (κ3) is 2.93. The van der Waals surface area contributed by atoms with Crippen molar-refractivity contribution in [1.82, 2.24) is 4.90 Å². The molecular formula is C13H14ClN3O. The van der Waals surface area contributed by atoms with Crippen LogP contribution in [0.3, 0.4) is 0 Å². The zero-order valence-electron chi connectivity index (χ0n) is 9.90. The van der Waals surface area contributed by atoms with Gasteiger partial charge in [-0.15, -0.1) is 0 Å². The zero-order valence-corrected chi connectivity index (χ0v) is 10.7. The molecule has 1 heterocycles. The summed E-state index contributed by atoms with van der Waals surface area (Å²) in [6.07, 6.45) is 1.74. The number of halogens is 1. The minimum absolute atomic E-state index is 0.0595. The molecular weight excluding hydrogens is 250 g/mol. The fraction of sp³-hybridized carbons (Fsp3) is 0.385. The van der Waals surface area contributed by atoms with E-state index in [1.807, 2.05) is 12.1 Å². The molecule has 2 amide bonds. The van der Waals surface area contributed by atoms with E-state index in [0.717, 1.165) is 12.8 Å². The first-order valence-electron chi connectivity index (χ1n) is 5.91. The van der Waals surface area contributed by atoms with E-state index >= 15 is 0 Å². The van der Waals surface area contributed by atoms with Crippen molar-refractivity contribution < 1.29 is 4.79 Å². The number of nitrogens with zero attached hydrogens (tertiary/aromatic N) is 2. The number of hydrogen-bond donors (Lipinski definition) is 1. The number of para-hydroxylation sites is 1. The van der Waals surface area contributed by atoms with Crippen LogP contribution < -0.4 is 5.32 Å². The van der Waals surface area contributed by atoms with Crippen molar-refractivity contribution in [3.8, 4) is 6.07 Å². The van der Waals surface area contributed by atoms with Crippen LogP contribution in [0.1, 0.15) is 12.8 Å². The maximum absolute atomic E-state index is 12.0. The van der Waals surface area contributed by atoms with Gasteiger partial charge in [-0.05, 0) is 25.0 Å². The van der Waals surface area contributed by atoms with Crippen LogP contribution in [0.4, 0.5) is 10.5 Å². The van der Waals surface area contributed by atoms with E-state index in [4.69, 9.17) is 16.9 Å². The van der Waals surface area contributed by atoms with Gasteiger partial charge in [-0.25, -0.2) is 4.79 Å². The second-order valence-electron chi connectivity index (χ2n) is 4.32. The van der Waals surface area contributed by atoms with Gasteiger partial charge in [0.15, 0.2) is 0 Å². The van der Waals surface area contributed by atoms with Crippen LogP contribution >= 0.6 is 11.6 Å². The fourth-order valence-electron chi connectivity index (χ4n) is 2.02. The quantitative estimate of drug-likeness (QED) is 0.846. The van der Waals surface area contributed by atoms with Crippen molar-refractivity contribution >= 4 is 23.3 Å². The summed E-state index contributed by atoms with van der Waals surface area (Å²) in [5.41, 5.74) is 0.600. The second kappa shape index (κ2) is 5.74. The van der Waals surface area contributed by atoms with Crippen molar-refractivity contribution in [1.29, 1.82) is 5.26 Å². The first kappa shape index (κ1) is 12.7. The summed E-state index contributed by atoms with van der Waals surface area (Å²) in [6, 6.07) is 9.13. The number of amides is 2. The maximum atomic E-state index is 12.0. The molecule has 4 nitrogen and oxygen atoms in total. The molecule has 0 bridgehead atoms. The van der Waals surface area contributed by atoms with Gasteiger partial charge in [-0.2, -0.15) is 5.26 Å². The first-order valence-corrected chi connectivity index (χ1v) is 6.28. The molecule has 18 heavy (non-hydrogen) atoms. The summed E-state index contributed by atoms with van der Waals surface area (Å²) < 4.78 is 0. The lowest BCUT2D eigenvalue weighted by Gasteiger charge is -2.29. The van der Waals surface area contributed by atoms with Gasteiger partial charge in [0.1, 0.15) is 0 Å². The Labute approximate surface area is 111 Å². The second-order valence-corrected chi connectivity index (χ2v) is 4.73. The summed E-state index contributed by atoms with van der Waals surface area (Å²) in [7, 11) is 0. The lowest BCUT2D eigenvalue weighted by Crippen LogP contribution is -2.42. The molecule has 1 aromatic carbocycles. The number of carbonyl (C=O) groups excluding carboxylic acids is 1. The molecule has 1 unspecified atom stereocenters. The number of nitriles is 1.